The number of hydrogen-bond donors (Lipinski definition) is 0. The molecule has 0 atom stereocenters. The molecule has 0 aromatic heterocycles. The lowest BCUT2D eigenvalue weighted by molar-refractivity contribution is 1.39. The topological polar surface area (TPSA) is 0 Å². The fourth-order valence-corrected chi connectivity index (χ4v) is 0.405. The van der Waals surface area contributed by atoms with Crippen molar-refractivity contribution >= 4 is 0 Å². The second kappa shape index (κ2) is 4.13. The molecule has 0 bridgehead atoms. The van der Waals surface area contributed by atoms with Crippen LogP contribution in [0.3, 0.4) is 0 Å². The molecule has 0 N–H and O–H groups in total. The molecule has 0 radical (unpaired) electrons. The summed E-state index contributed by atoms with van der Waals surface area (Å²) in [6, 6.07) is 0. The van der Waals surface area contributed by atoms with E-state index in [1.165, 1.54) is 5.57 Å². The molecule has 0 saturated heterocycles. The van der Waals surface area contributed by atoms with Gasteiger partial charge in [0.25, 0.3) is 0 Å². The molecule has 0 heteroatoms. The fourth-order valence-electron chi connectivity index (χ4n) is 0.405. The van der Waals surface area contributed by atoms with Crippen molar-refractivity contribution in [3.63, 3.8) is 0 Å². The molecule has 0 aliphatic rings. The third kappa shape index (κ3) is 7.22. The maximum absolute atomic E-state index is 3.74. The van der Waals surface area contributed by atoms with Crippen LogP contribution in [0.4, 0.5) is 0 Å². The van der Waals surface area contributed by atoms with Crippen LogP contribution < -0.4 is 0 Å². The van der Waals surface area contributed by atoms with Crippen molar-refractivity contribution in [3.8, 4) is 0 Å². The van der Waals surface area contributed by atoms with Gasteiger partial charge in [-0.2, -0.15) is 0 Å². The van der Waals surface area contributed by atoms with Crippen LogP contribution in [0.1, 0.15) is 20.8 Å². The Labute approximate surface area is 57.6 Å². The Bertz CT molecular complexity index is 143. The molecule has 0 rings (SSSR count). The highest BCUT2D eigenvalue weighted by Gasteiger charge is 1.71. The highest BCUT2D eigenvalue weighted by atomic mass is 13.8. The van der Waals surface area contributed by atoms with Crippen molar-refractivity contribution in [1.29, 1.82) is 0 Å². The van der Waals surface area contributed by atoms with Crippen LogP contribution in [0.5, 0.6) is 0 Å². The van der Waals surface area contributed by atoms with Crippen LogP contribution in [0, 0.1) is 0 Å². The molecule has 0 aromatic rings. The summed E-state index contributed by atoms with van der Waals surface area (Å²) in [5.74, 6) is 0. The van der Waals surface area contributed by atoms with Crippen molar-refractivity contribution in [2.45, 2.75) is 20.8 Å². The molecule has 0 aliphatic carbocycles. The molecule has 50 valence electrons. The van der Waals surface area contributed by atoms with Crippen molar-refractivity contribution in [2.75, 3.05) is 0 Å². The molecule has 0 unspecified atom stereocenters. The second-order valence-electron chi connectivity index (χ2n) is 2.45. The largest absolute Gasteiger partial charge is 0.0961 e. The third-order valence-corrected chi connectivity index (χ3v) is 0.810. The van der Waals surface area contributed by atoms with E-state index in [0.717, 1.165) is 5.57 Å². The highest BCUT2D eigenvalue weighted by molar-refractivity contribution is 5.18. The molecule has 0 spiro atoms. The van der Waals surface area contributed by atoms with Gasteiger partial charge in [-0.1, -0.05) is 36.0 Å². The molecule has 0 aromatic carbocycles. The Balaban J connectivity index is 3.74. The molecule has 0 aliphatic heterocycles. The average Bonchev–Trinajstić information content (AvgIpc) is 1.63. The zero-order chi connectivity index (χ0) is 7.28. The lowest BCUT2D eigenvalue weighted by Gasteiger charge is -1.83. The van der Waals surface area contributed by atoms with Crippen molar-refractivity contribution in [2.24, 2.45) is 0 Å². The minimum absolute atomic E-state index is 1.09. The van der Waals surface area contributed by atoms with Crippen molar-refractivity contribution in [3.05, 3.63) is 36.0 Å². The molecule has 0 saturated carbocycles. The van der Waals surface area contributed by atoms with Crippen LogP contribution in [0.15, 0.2) is 36.0 Å². The first-order valence-corrected chi connectivity index (χ1v) is 3.10. The summed E-state index contributed by atoms with van der Waals surface area (Å²) in [4.78, 5) is 0. The summed E-state index contributed by atoms with van der Waals surface area (Å²) in [7, 11) is 0. The quantitative estimate of drug-likeness (QED) is 0.494. The van der Waals surface area contributed by atoms with E-state index >= 15 is 0 Å². The van der Waals surface area contributed by atoms with E-state index in [0.29, 0.717) is 0 Å². The average molecular weight is 122 g/mol. The van der Waals surface area contributed by atoms with Crippen LogP contribution in [0.2, 0.25) is 0 Å². The molecule has 0 nitrogen and oxygen atoms in total. The monoisotopic (exact) mass is 122 g/mol. The second-order valence-corrected chi connectivity index (χ2v) is 2.45. The normalized spacial score (nSPS) is 9.67. The van der Waals surface area contributed by atoms with Gasteiger partial charge < -0.3 is 0 Å². The molecule has 0 fully saturated rings. The van der Waals surface area contributed by atoms with E-state index in [-0.39, 0.29) is 0 Å². The Hall–Kier alpha value is -0.780. The van der Waals surface area contributed by atoms with Crippen LogP contribution in [-0.4, -0.2) is 0 Å². The van der Waals surface area contributed by atoms with Crippen molar-refractivity contribution < 1.29 is 0 Å². The Morgan fingerprint density at radius 3 is 2.11 bits per heavy atom. The van der Waals surface area contributed by atoms with Gasteiger partial charge in [-0.05, 0) is 20.8 Å². The van der Waals surface area contributed by atoms with Gasteiger partial charge in [0.15, 0.2) is 0 Å². The fraction of sp³-hybridized carbons (Fsp3) is 0.333. The zero-order valence-corrected chi connectivity index (χ0v) is 6.44. The van der Waals surface area contributed by atoms with Crippen molar-refractivity contribution in [1.82, 2.24) is 0 Å². The van der Waals surface area contributed by atoms with E-state index in [4.69, 9.17) is 0 Å². The molecule has 0 heterocycles. The number of hydrogen-bond acceptors (Lipinski definition) is 0. The van der Waals surface area contributed by atoms with Crippen LogP contribution in [-0.2, 0) is 0 Å². The van der Waals surface area contributed by atoms with Crippen LogP contribution in [0.25, 0.3) is 0 Å². The van der Waals surface area contributed by atoms with Gasteiger partial charge in [0.1, 0.15) is 0 Å². The summed E-state index contributed by atoms with van der Waals surface area (Å²) in [6.07, 6.45) is 6.07. The van der Waals surface area contributed by atoms with Gasteiger partial charge >= 0.3 is 0 Å². The van der Waals surface area contributed by atoms with E-state index < -0.39 is 0 Å². The highest BCUT2D eigenvalue weighted by Crippen LogP contribution is 1.92. The smallest absolute Gasteiger partial charge is 0.0404 e. The maximum atomic E-state index is 3.74. The zero-order valence-electron chi connectivity index (χ0n) is 6.44. The number of rotatable bonds is 2. The van der Waals surface area contributed by atoms with E-state index in [1.807, 2.05) is 19.1 Å². The Morgan fingerprint density at radius 2 is 1.78 bits per heavy atom. The standard InChI is InChI=1S/C9H14/c1-8(2)6-5-7-9(3)4/h5-7H,1H2,2-4H3/b6-5+. The lowest BCUT2D eigenvalue weighted by Crippen LogP contribution is -1.61. The molecular weight excluding hydrogens is 108 g/mol. The van der Waals surface area contributed by atoms with Gasteiger partial charge in [0.05, 0.1) is 0 Å². The SMILES string of the molecule is C=C(C)/C=C/C=C(C)C. The molecule has 0 amide bonds. The van der Waals surface area contributed by atoms with E-state index in [1.54, 1.807) is 0 Å². The summed E-state index contributed by atoms with van der Waals surface area (Å²) in [5.41, 5.74) is 2.40. The predicted molar refractivity (Wildman–Crippen MR) is 43.4 cm³/mol. The predicted octanol–water partition coefficient (Wildman–Crippen LogP) is 3.08. The van der Waals surface area contributed by atoms with E-state index in [9.17, 15) is 0 Å². The van der Waals surface area contributed by atoms with Gasteiger partial charge in [-0.25, -0.2) is 0 Å². The first-order chi connectivity index (χ1) is 4.13. The maximum Gasteiger partial charge on any atom is -0.0404 e. The Kier molecular flexibility index (Phi) is 3.78. The number of allylic oxidation sites excluding steroid dienone is 5. The van der Waals surface area contributed by atoms with E-state index in [2.05, 4.69) is 26.5 Å². The van der Waals surface area contributed by atoms with Gasteiger partial charge in [0.2, 0.25) is 0 Å². The summed E-state index contributed by atoms with van der Waals surface area (Å²) < 4.78 is 0. The third-order valence-electron chi connectivity index (χ3n) is 0.810. The minimum atomic E-state index is 1.09. The van der Waals surface area contributed by atoms with Gasteiger partial charge in [-0.3, -0.25) is 0 Å². The van der Waals surface area contributed by atoms with Gasteiger partial charge in [0, 0.05) is 0 Å². The summed E-state index contributed by atoms with van der Waals surface area (Å²) >= 11 is 0. The summed E-state index contributed by atoms with van der Waals surface area (Å²) in [6.45, 7) is 9.86. The first-order valence-electron chi connectivity index (χ1n) is 3.10. The molecular formula is C9H14. The minimum Gasteiger partial charge on any atom is -0.0961 e. The summed E-state index contributed by atoms with van der Waals surface area (Å²) in [5, 5.41) is 0. The first kappa shape index (κ1) is 8.22. The lowest BCUT2D eigenvalue weighted by atomic mass is 10.2. The van der Waals surface area contributed by atoms with Crippen LogP contribution >= 0.6 is 0 Å². The molecule has 9 heavy (non-hydrogen) atoms. The Morgan fingerprint density at radius 1 is 1.22 bits per heavy atom. The van der Waals surface area contributed by atoms with Gasteiger partial charge in [-0.15, -0.1) is 0 Å².